The molecule has 2 aliphatic rings. The monoisotopic (exact) mass is 888 g/mol. The number of nitrogen functional groups attached to an aromatic ring is 1. The first-order valence-electron chi connectivity index (χ1n) is 21.2. The summed E-state index contributed by atoms with van der Waals surface area (Å²) in [6, 6.07) is 45.4. The molecule has 6 aromatic carbocycles. The van der Waals surface area contributed by atoms with Crippen LogP contribution in [-0.4, -0.2) is 50.9 Å². The number of hydrogen-bond donors (Lipinski definition) is 2. The van der Waals surface area contributed by atoms with Crippen molar-refractivity contribution in [3.63, 3.8) is 0 Å². The zero-order chi connectivity index (χ0) is 43.5. The number of benzene rings is 6. The number of ether oxygens (including phenoxy) is 2. The highest BCUT2D eigenvalue weighted by atomic mass is 35.5. The SMILES string of the molecule is C.CCN(CC)c1ccc(N)c(C)c1.CCN(CC)c1ccc(NC(=O)OCC2c3ccccc3-c3ccccc32)c(C)c1.Cl.O=C(Cl)OCC1c2ccccc2-c2ccccc21. The molecular formula is C53H62Cl2N4O4. The van der Waals surface area contributed by atoms with E-state index in [9.17, 15) is 9.59 Å². The zero-order valence-corrected chi connectivity index (χ0v) is 38.1. The third-order valence-electron chi connectivity index (χ3n) is 11.6. The Hall–Kier alpha value is -5.96. The summed E-state index contributed by atoms with van der Waals surface area (Å²) in [5.41, 5.74) is 20.9. The van der Waals surface area contributed by atoms with Gasteiger partial charge in [-0.2, -0.15) is 0 Å². The van der Waals surface area contributed by atoms with Crippen LogP contribution in [0.5, 0.6) is 0 Å². The molecule has 8 rings (SSSR count). The van der Waals surface area contributed by atoms with E-state index in [4.69, 9.17) is 26.8 Å². The van der Waals surface area contributed by atoms with Gasteiger partial charge in [-0.15, -0.1) is 12.4 Å². The van der Waals surface area contributed by atoms with Crippen LogP contribution in [0.25, 0.3) is 22.3 Å². The van der Waals surface area contributed by atoms with Crippen LogP contribution in [0, 0.1) is 13.8 Å². The Morgan fingerprint density at radius 3 is 1.30 bits per heavy atom. The highest BCUT2D eigenvalue weighted by Gasteiger charge is 2.30. The highest BCUT2D eigenvalue weighted by Crippen LogP contribution is 2.45. The smallest absolute Gasteiger partial charge is 0.411 e. The Morgan fingerprint density at radius 2 is 0.937 bits per heavy atom. The van der Waals surface area contributed by atoms with Crippen LogP contribution in [0.3, 0.4) is 0 Å². The summed E-state index contributed by atoms with van der Waals surface area (Å²) < 4.78 is 10.6. The van der Waals surface area contributed by atoms with Crippen molar-refractivity contribution in [2.24, 2.45) is 0 Å². The summed E-state index contributed by atoms with van der Waals surface area (Å²) >= 11 is 5.25. The number of carbonyl (C=O) groups is 2. The molecule has 8 nitrogen and oxygen atoms in total. The Kier molecular flexibility index (Phi) is 18.5. The second kappa shape index (κ2) is 23.5. The Balaban J connectivity index is 0.000000225. The normalized spacial score (nSPS) is 11.6. The van der Waals surface area contributed by atoms with Crippen molar-refractivity contribution in [2.45, 2.75) is 60.8 Å². The maximum Gasteiger partial charge on any atom is 0.411 e. The van der Waals surface area contributed by atoms with Gasteiger partial charge < -0.3 is 25.0 Å². The van der Waals surface area contributed by atoms with Crippen molar-refractivity contribution in [3.05, 3.63) is 167 Å². The minimum absolute atomic E-state index is 0. The number of nitrogens with zero attached hydrogens (tertiary/aromatic N) is 2. The number of amides is 1. The maximum absolute atomic E-state index is 12.5. The van der Waals surface area contributed by atoms with Gasteiger partial charge in [-0.25, -0.2) is 9.59 Å². The second-order valence-corrected chi connectivity index (χ2v) is 15.4. The molecule has 2 aliphatic carbocycles. The van der Waals surface area contributed by atoms with Crippen LogP contribution in [0.4, 0.5) is 32.3 Å². The number of halogens is 2. The van der Waals surface area contributed by atoms with Gasteiger partial charge in [0.1, 0.15) is 13.2 Å². The van der Waals surface area contributed by atoms with E-state index in [0.717, 1.165) is 54.4 Å². The van der Waals surface area contributed by atoms with E-state index < -0.39 is 11.5 Å². The average Bonchev–Trinajstić information content (AvgIpc) is 3.78. The van der Waals surface area contributed by atoms with Crippen LogP contribution >= 0.6 is 24.0 Å². The molecule has 0 spiro atoms. The number of fused-ring (bicyclic) bond motifs is 6. The lowest BCUT2D eigenvalue weighted by Gasteiger charge is -2.22. The molecular weight excluding hydrogens is 828 g/mol. The predicted molar refractivity (Wildman–Crippen MR) is 267 cm³/mol. The molecule has 0 unspecified atom stereocenters. The van der Waals surface area contributed by atoms with Crippen LogP contribution in [0.15, 0.2) is 133 Å². The van der Waals surface area contributed by atoms with Crippen molar-refractivity contribution in [1.29, 1.82) is 0 Å². The summed E-state index contributed by atoms with van der Waals surface area (Å²) in [5, 5.41) is 2.90. The Bertz CT molecular complexity index is 2360. The zero-order valence-electron chi connectivity index (χ0n) is 36.5. The van der Waals surface area contributed by atoms with Gasteiger partial charge in [-0.1, -0.05) is 104 Å². The van der Waals surface area contributed by atoms with Gasteiger partial charge in [-0.3, -0.25) is 5.32 Å². The van der Waals surface area contributed by atoms with Gasteiger partial charge in [0.2, 0.25) is 0 Å². The third kappa shape index (κ3) is 11.7. The molecule has 0 atom stereocenters. The van der Waals surface area contributed by atoms with Gasteiger partial charge in [0, 0.05) is 72.4 Å². The molecule has 332 valence electrons. The molecule has 0 aromatic heterocycles. The topological polar surface area (TPSA) is 97.1 Å². The minimum atomic E-state index is -0.753. The molecule has 10 heteroatoms. The van der Waals surface area contributed by atoms with Crippen LogP contribution in [0.2, 0.25) is 0 Å². The van der Waals surface area contributed by atoms with Crippen molar-refractivity contribution in [1.82, 2.24) is 0 Å². The van der Waals surface area contributed by atoms with E-state index in [1.54, 1.807) is 0 Å². The van der Waals surface area contributed by atoms with Gasteiger partial charge in [0.05, 0.1) is 0 Å². The number of carbonyl (C=O) groups excluding carboxylic acids is 2. The summed E-state index contributed by atoms with van der Waals surface area (Å²) in [7, 11) is 0. The lowest BCUT2D eigenvalue weighted by atomic mass is 9.98. The molecule has 6 aromatic rings. The predicted octanol–water partition coefficient (Wildman–Crippen LogP) is 13.9. The number of nitrogens with two attached hydrogens (primary N) is 1. The first-order valence-corrected chi connectivity index (χ1v) is 21.5. The molecule has 0 radical (unpaired) electrons. The first kappa shape index (κ1) is 49.7. The van der Waals surface area contributed by atoms with Crippen molar-refractivity contribution in [3.8, 4) is 22.3 Å². The number of aryl methyl sites for hydroxylation is 2. The van der Waals surface area contributed by atoms with E-state index in [-0.39, 0.29) is 38.3 Å². The van der Waals surface area contributed by atoms with Gasteiger partial charge in [0.15, 0.2) is 0 Å². The fourth-order valence-electron chi connectivity index (χ4n) is 8.35. The van der Waals surface area contributed by atoms with Crippen LogP contribution < -0.4 is 20.9 Å². The lowest BCUT2D eigenvalue weighted by molar-refractivity contribution is 0.158. The average molecular weight is 890 g/mol. The van der Waals surface area contributed by atoms with E-state index in [2.05, 4.69) is 122 Å². The number of hydrogen-bond acceptors (Lipinski definition) is 7. The van der Waals surface area contributed by atoms with Crippen molar-refractivity contribution < 1.29 is 19.1 Å². The minimum Gasteiger partial charge on any atom is -0.453 e. The molecule has 63 heavy (non-hydrogen) atoms. The largest absolute Gasteiger partial charge is 0.453 e. The fourth-order valence-corrected chi connectivity index (χ4v) is 8.41. The highest BCUT2D eigenvalue weighted by molar-refractivity contribution is 6.61. The third-order valence-corrected chi connectivity index (χ3v) is 11.7. The van der Waals surface area contributed by atoms with E-state index >= 15 is 0 Å². The molecule has 0 saturated heterocycles. The van der Waals surface area contributed by atoms with Gasteiger partial charge >= 0.3 is 11.5 Å². The van der Waals surface area contributed by atoms with Gasteiger partial charge in [-0.05, 0) is 134 Å². The van der Waals surface area contributed by atoms with Crippen molar-refractivity contribution >= 4 is 58.3 Å². The molecule has 0 saturated carbocycles. The first-order chi connectivity index (χ1) is 29.6. The molecule has 3 N–H and O–H groups in total. The fraction of sp³-hybridized carbons (Fsp3) is 0.283. The standard InChI is InChI=1S/C26H28N2O2.C15H11ClO2.C11H18N2.CH4.ClH/c1-4-28(5-2)19-14-15-25(18(3)16-19)27-26(29)30-17-24-22-12-8-6-10-20(22)21-11-7-9-13-23(21)24;16-15(17)18-9-14-12-7-3-1-5-10(12)11-6-2-4-8-13(11)14;1-4-13(5-2)10-6-7-11(12)9(3)8-10;;/h6-16,24H,4-5,17H2,1-3H3,(H,27,29);1-8,14H,9H2;6-8H,4-5,12H2,1-3H3;1H4;1H. The number of nitrogens with one attached hydrogen (secondary N) is 1. The summed E-state index contributed by atoms with van der Waals surface area (Å²) in [4.78, 5) is 27.9. The van der Waals surface area contributed by atoms with E-state index in [1.165, 1.54) is 50.2 Å². The summed E-state index contributed by atoms with van der Waals surface area (Å²) in [5.74, 6) is 0.148. The van der Waals surface area contributed by atoms with Gasteiger partial charge in [0.25, 0.3) is 0 Å². The van der Waals surface area contributed by atoms with E-state index in [1.807, 2.05) is 68.4 Å². The summed E-state index contributed by atoms with van der Waals surface area (Å²) in [6.07, 6.45) is -0.421. The number of rotatable bonds is 11. The van der Waals surface area contributed by atoms with Crippen molar-refractivity contribution in [2.75, 3.05) is 60.2 Å². The molecule has 0 bridgehead atoms. The Morgan fingerprint density at radius 1 is 0.571 bits per heavy atom. The maximum atomic E-state index is 12.5. The van der Waals surface area contributed by atoms with Crippen LogP contribution in [0.1, 0.15) is 80.3 Å². The summed E-state index contributed by atoms with van der Waals surface area (Å²) in [6.45, 7) is 17.2. The second-order valence-electron chi connectivity index (χ2n) is 15.1. The van der Waals surface area contributed by atoms with E-state index in [0.29, 0.717) is 6.61 Å². The Labute approximate surface area is 385 Å². The number of anilines is 4. The molecule has 0 fully saturated rings. The van der Waals surface area contributed by atoms with Crippen LogP contribution in [-0.2, 0) is 9.47 Å². The quantitative estimate of drug-likeness (QED) is 0.0988. The molecule has 0 heterocycles. The molecule has 1 amide bonds. The lowest BCUT2D eigenvalue weighted by Crippen LogP contribution is -2.22. The molecule has 0 aliphatic heterocycles.